The summed E-state index contributed by atoms with van der Waals surface area (Å²) in [6, 6.07) is 11.7. The van der Waals surface area contributed by atoms with Gasteiger partial charge in [-0.15, -0.1) is 0 Å². The fourth-order valence-corrected chi connectivity index (χ4v) is 3.63. The van der Waals surface area contributed by atoms with Gasteiger partial charge in [0.2, 0.25) is 11.8 Å². The van der Waals surface area contributed by atoms with Gasteiger partial charge in [0.25, 0.3) is 11.8 Å². The minimum atomic E-state index is -0.406. The van der Waals surface area contributed by atoms with Crippen molar-refractivity contribution in [3.05, 3.63) is 65.5 Å². The summed E-state index contributed by atoms with van der Waals surface area (Å²) in [5, 5.41) is 2.77. The molecular formula is C21H18FN3O4. The second-order valence-corrected chi connectivity index (χ2v) is 7.01. The summed E-state index contributed by atoms with van der Waals surface area (Å²) in [5.41, 5.74) is 1.25. The number of amides is 4. The number of rotatable bonds is 5. The van der Waals surface area contributed by atoms with Gasteiger partial charge in [-0.25, -0.2) is 4.39 Å². The van der Waals surface area contributed by atoms with Gasteiger partial charge >= 0.3 is 0 Å². The van der Waals surface area contributed by atoms with E-state index in [1.54, 1.807) is 24.3 Å². The summed E-state index contributed by atoms with van der Waals surface area (Å²) >= 11 is 0. The number of carbonyl (C=O) groups excluding carboxylic acids is 4. The Labute approximate surface area is 166 Å². The van der Waals surface area contributed by atoms with E-state index >= 15 is 0 Å². The van der Waals surface area contributed by atoms with Crippen LogP contribution < -0.4 is 10.2 Å². The minimum Gasteiger partial charge on any atom is -0.351 e. The molecule has 2 aliphatic rings. The maximum atomic E-state index is 13.1. The number of nitrogens with zero attached hydrogens (tertiary/aromatic N) is 2. The van der Waals surface area contributed by atoms with Crippen molar-refractivity contribution >= 4 is 29.3 Å². The number of benzene rings is 2. The lowest BCUT2D eigenvalue weighted by atomic mass is 10.1. The first kappa shape index (κ1) is 18.8. The van der Waals surface area contributed by atoms with Crippen molar-refractivity contribution < 1.29 is 23.6 Å². The van der Waals surface area contributed by atoms with Crippen LogP contribution in [-0.2, 0) is 9.59 Å². The van der Waals surface area contributed by atoms with Crippen molar-refractivity contribution in [3.8, 4) is 0 Å². The van der Waals surface area contributed by atoms with Crippen LogP contribution in [0.4, 0.5) is 10.1 Å². The van der Waals surface area contributed by atoms with Crippen LogP contribution >= 0.6 is 0 Å². The minimum absolute atomic E-state index is 0.0273. The molecule has 148 valence electrons. The number of carbonyl (C=O) groups is 4. The summed E-state index contributed by atoms with van der Waals surface area (Å²) in [4.78, 5) is 51.7. The van der Waals surface area contributed by atoms with Crippen molar-refractivity contribution in [1.82, 2.24) is 10.2 Å². The quantitative estimate of drug-likeness (QED) is 0.782. The van der Waals surface area contributed by atoms with Crippen LogP contribution in [0.5, 0.6) is 0 Å². The Morgan fingerprint density at radius 1 is 1.00 bits per heavy atom. The molecule has 0 aromatic heterocycles. The highest BCUT2D eigenvalue weighted by Crippen LogP contribution is 2.23. The molecule has 4 amide bonds. The van der Waals surface area contributed by atoms with E-state index in [9.17, 15) is 23.6 Å². The van der Waals surface area contributed by atoms with Crippen molar-refractivity contribution in [3.63, 3.8) is 0 Å². The third kappa shape index (κ3) is 3.61. The van der Waals surface area contributed by atoms with Crippen LogP contribution in [0.2, 0.25) is 0 Å². The van der Waals surface area contributed by atoms with Gasteiger partial charge in [-0.3, -0.25) is 24.1 Å². The normalized spacial score (nSPS) is 18.4. The van der Waals surface area contributed by atoms with Gasteiger partial charge < -0.3 is 10.2 Å². The van der Waals surface area contributed by atoms with Gasteiger partial charge in [-0.1, -0.05) is 12.1 Å². The van der Waals surface area contributed by atoms with Crippen molar-refractivity contribution in [2.45, 2.75) is 18.9 Å². The van der Waals surface area contributed by atoms with E-state index in [4.69, 9.17) is 0 Å². The Morgan fingerprint density at radius 3 is 2.24 bits per heavy atom. The molecule has 2 aliphatic heterocycles. The summed E-state index contributed by atoms with van der Waals surface area (Å²) in [6.45, 7) is 0.254. The van der Waals surface area contributed by atoms with Crippen LogP contribution in [0, 0.1) is 5.82 Å². The third-order valence-corrected chi connectivity index (χ3v) is 5.07. The molecule has 0 bridgehead atoms. The molecule has 0 aliphatic carbocycles. The summed E-state index contributed by atoms with van der Waals surface area (Å²) in [5.74, 6) is -1.71. The lowest BCUT2D eigenvalue weighted by Gasteiger charge is -2.18. The Kier molecular flexibility index (Phi) is 4.84. The highest BCUT2D eigenvalue weighted by atomic mass is 19.1. The average Bonchev–Trinajstić information content (AvgIpc) is 3.19. The monoisotopic (exact) mass is 395 g/mol. The molecule has 1 fully saturated rings. The van der Waals surface area contributed by atoms with Gasteiger partial charge in [0.15, 0.2) is 0 Å². The van der Waals surface area contributed by atoms with E-state index in [-0.39, 0.29) is 43.8 Å². The molecule has 8 heteroatoms. The van der Waals surface area contributed by atoms with Crippen LogP contribution in [0.15, 0.2) is 48.5 Å². The molecule has 0 unspecified atom stereocenters. The first-order valence-corrected chi connectivity index (χ1v) is 9.24. The maximum Gasteiger partial charge on any atom is 0.261 e. The lowest BCUT2D eigenvalue weighted by molar-refractivity contribution is -0.121. The number of anilines is 1. The first-order chi connectivity index (χ1) is 13.9. The zero-order valence-electron chi connectivity index (χ0n) is 15.4. The van der Waals surface area contributed by atoms with E-state index in [2.05, 4.69) is 5.32 Å². The van der Waals surface area contributed by atoms with Gasteiger partial charge in [0.1, 0.15) is 5.82 Å². The Hall–Kier alpha value is -3.55. The van der Waals surface area contributed by atoms with E-state index in [0.29, 0.717) is 16.8 Å². The Bertz CT molecular complexity index is 970. The number of hydrogen-bond acceptors (Lipinski definition) is 4. The van der Waals surface area contributed by atoms with Crippen LogP contribution in [-0.4, -0.2) is 47.7 Å². The molecule has 2 aromatic rings. The van der Waals surface area contributed by atoms with Gasteiger partial charge in [-0.05, 0) is 36.4 Å². The topological polar surface area (TPSA) is 86.8 Å². The number of halogens is 1. The fraction of sp³-hybridized carbons (Fsp3) is 0.238. The van der Waals surface area contributed by atoms with Crippen LogP contribution in [0.1, 0.15) is 33.6 Å². The number of nitrogens with one attached hydrogen (secondary N) is 1. The standard InChI is InChI=1S/C21H18FN3O4/c22-13-5-7-15(8-6-13)25-12-14(11-19(25)27)23-18(26)9-10-24-20(28)16-3-1-2-4-17(16)21(24)29/h1-8,14H,9-12H2,(H,23,26)/t14-/m1/s1. The molecule has 7 nitrogen and oxygen atoms in total. The third-order valence-electron chi connectivity index (χ3n) is 5.07. The molecule has 1 atom stereocenters. The summed E-state index contributed by atoms with van der Waals surface area (Å²) in [6.07, 6.45) is 0.0862. The predicted octanol–water partition coefficient (Wildman–Crippen LogP) is 1.73. The second-order valence-electron chi connectivity index (χ2n) is 7.01. The zero-order chi connectivity index (χ0) is 20.5. The van der Waals surface area contributed by atoms with Crippen molar-refractivity contribution in [2.75, 3.05) is 18.0 Å². The highest BCUT2D eigenvalue weighted by molar-refractivity contribution is 6.21. The highest BCUT2D eigenvalue weighted by Gasteiger charge is 2.36. The second kappa shape index (κ2) is 7.46. The van der Waals surface area contributed by atoms with Gasteiger partial charge in [-0.2, -0.15) is 0 Å². The predicted molar refractivity (Wildman–Crippen MR) is 102 cm³/mol. The molecule has 2 aromatic carbocycles. The molecule has 4 rings (SSSR count). The Morgan fingerprint density at radius 2 is 1.62 bits per heavy atom. The largest absolute Gasteiger partial charge is 0.351 e. The number of imide groups is 1. The fourth-order valence-electron chi connectivity index (χ4n) is 3.63. The first-order valence-electron chi connectivity index (χ1n) is 9.24. The molecule has 0 spiro atoms. The Balaban J connectivity index is 1.32. The van der Waals surface area contributed by atoms with E-state index < -0.39 is 17.6 Å². The maximum absolute atomic E-state index is 13.1. The summed E-state index contributed by atoms with van der Waals surface area (Å²) < 4.78 is 13.1. The van der Waals surface area contributed by atoms with Crippen molar-refractivity contribution in [1.29, 1.82) is 0 Å². The van der Waals surface area contributed by atoms with Gasteiger partial charge in [0, 0.05) is 31.6 Å². The van der Waals surface area contributed by atoms with Gasteiger partial charge in [0.05, 0.1) is 17.2 Å². The van der Waals surface area contributed by atoms with Crippen molar-refractivity contribution in [2.24, 2.45) is 0 Å². The molecule has 1 saturated heterocycles. The van der Waals surface area contributed by atoms with E-state index in [0.717, 1.165) is 4.90 Å². The van der Waals surface area contributed by atoms with Crippen LogP contribution in [0.25, 0.3) is 0 Å². The molecule has 0 saturated carbocycles. The molecule has 29 heavy (non-hydrogen) atoms. The molecule has 2 heterocycles. The SMILES string of the molecule is O=C(CCN1C(=O)c2ccccc2C1=O)N[C@@H]1CC(=O)N(c2ccc(F)cc2)C1. The molecule has 1 N–H and O–H groups in total. The average molecular weight is 395 g/mol. The smallest absolute Gasteiger partial charge is 0.261 e. The molecular weight excluding hydrogens is 377 g/mol. The molecule has 0 radical (unpaired) electrons. The van der Waals surface area contributed by atoms with E-state index in [1.807, 2.05) is 0 Å². The lowest BCUT2D eigenvalue weighted by Crippen LogP contribution is -2.40. The van der Waals surface area contributed by atoms with Crippen LogP contribution in [0.3, 0.4) is 0 Å². The number of fused-ring (bicyclic) bond motifs is 1. The number of hydrogen-bond donors (Lipinski definition) is 1. The zero-order valence-corrected chi connectivity index (χ0v) is 15.4. The summed E-state index contributed by atoms with van der Waals surface area (Å²) in [7, 11) is 0. The van der Waals surface area contributed by atoms with E-state index in [1.165, 1.54) is 29.2 Å².